The topological polar surface area (TPSA) is 99.1 Å². The Morgan fingerprint density at radius 3 is 2.74 bits per heavy atom. The molecule has 0 N–H and O–H groups in total. The number of nitriles is 1. The molecule has 3 aromatic heterocycles. The molecule has 136 valence electrons. The van der Waals surface area contributed by atoms with Gasteiger partial charge in [-0.3, -0.25) is 0 Å². The Balaban J connectivity index is 1.34. The Kier molecular flexibility index (Phi) is 3.63. The summed E-state index contributed by atoms with van der Waals surface area (Å²) in [4.78, 5) is 4.24. The molecule has 0 spiro atoms. The third kappa shape index (κ3) is 2.56. The fourth-order valence-electron chi connectivity index (χ4n) is 3.62. The quantitative estimate of drug-likeness (QED) is 0.687. The standard InChI is InChI=1S/C18H19N9/c1-25(17-13(9-19)7-8-20-22-17)14-10-26(11-14)16-6-5-15-21-23-18(27(15)24-16)12-3-2-4-12/h5-8,12,14H,2-4,10-11H2,1H3. The molecule has 0 unspecified atom stereocenters. The summed E-state index contributed by atoms with van der Waals surface area (Å²) in [6.45, 7) is 1.63. The first kappa shape index (κ1) is 15.9. The Morgan fingerprint density at radius 2 is 2.00 bits per heavy atom. The van der Waals surface area contributed by atoms with Crippen LogP contribution in [0.1, 0.15) is 36.6 Å². The summed E-state index contributed by atoms with van der Waals surface area (Å²) in [5.74, 6) is 3.01. The zero-order valence-corrected chi connectivity index (χ0v) is 15.0. The Morgan fingerprint density at radius 1 is 1.15 bits per heavy atom. The Hall–Kier alpha value is -3.28. The molecule has 1 saturated heterocycles. The molecule has 0 bridgehead atoms. The van der Waals surface area contributed by atoms with Crippen LogP contribution < -0.4 is 9.80 Å². The first-order chi connectivity index (χ1) is 13.2. The lowest BCUT2D eigenvalue weighted by molar-refractivity contribution is 0.394. The van der Waals surface area contributed by atoms with Crippen LogP contribution in [-0.4, -0.2) is 56.2 Å². The van der Waals surface area contributed by atoms with E-state index in [2.05, 4.69) is 31.4 Å². The summed E-state index contributed by atoms with van der Waals surface area (Å²) in [5.41, 5.74) is 1.34. The van der Waals surface area contributed by atoms with Gasteiger partial charge in [0.25, 0.3) is 0 Å². The molecule has 0 amide bonds. The van der Waals surface area contributed by atoms with Crippen molar-refractivity contribution in [2.24, 2.45) is 0 Å². The minimum absolute atomic E-state index is 0.262. The van der Waals surface area contributed by atoms with E-state index in [0.29, 0.717) is 17.3 Å². The number of hydrogen-bond donors (Lipinski definition) is 0. The van der Waals surface area contributed by atoms with Gasteiger partial charge in [-0.2, -0.15) is 14.9 Å². The number of likely N-dealkylation sites (N-methyl/N-ethyl adjacent to an activating group) is 1. The highest BCUT2D eigenvalue weighted by Crippen LogP contribution is 2.35. The molecule has 0 aromatic carbocycles. The van der Waals surface area contributed by atoms with E-state index in [1.54, 1.807) is 12.3 Å². The first-order valence-electron chi connectivity index (χ1n) is 9.16. The van der Waals surface area contributed by atoms with E-state index < -0.39 is 0 Å². The predicted octanol–water partition coefficient (Wildman–Crippen LogP) is 1.38. The van der Waals surface area contributed by atoms with Gasteiger partial charge in [-0.15, -0.1) is 20.4 Å². The predicted molar refractivity (Wildman–Crippen MR) is 98.5 cm³/mol. The van der Waals surface area contributed by atoms with Crippen molar-refractivity contribution >= 4 is 17.3 Å². The summed E-state index contributed by atoms with van der Waals surface area (Å²) in [6, 6.07) is 8.11. The lowest BCUT2D eigenvalue weighted by Crippen LogP contribution is -2.59. The van der Waals surface area contributed by atoms with E-state index in [-0.39, 0.29) is 6.04 Å². The molecule has 9 nitrogen and oxygen atoms in total. The van der Waals surface area contributed by atoms with Gasteiger partial charge in [-0.05, 0) is 31.0 Å². The summed E-state index contributed by atoms with van der Waals surface area (Å²) in [6.07, 6.45) is 5.14. The minimum atomic E-state index is 0.262. The van der Waals surface area contributed by atoms with Crippen LogP contribution in [0.3, 0.4) is 0 Å². The van der Waals surface area contributed by atoms with Gasteiger partial charge < -0.3 is 9.80 Å². The van der Waals surface area contributed by atoms with E-state index in [1.807, 2.05) is 28.6 Å². The zero-order chi connectivity index (χ0) is 18.4. The van der Waals surface area contributed by atoms with Gasteiger partial charge in [-0.1, -0.05) is 6.42 Å². The molecular formula is C18H19N9. The monoisotopic (exact) mass is 361 g/mol. The van der Waals surface area contributed by atoms with Gasteiger partial charge in [0.15, 0.2) is 17.3 Å². The first-order valence-corrected chi connectivity index (χ1v) is 9.16. The smallest absolute Gasteiger partial charge is 0.178 e. The average molecular weight is 361 g/mol. The van der Waals surface area contributed by atoms with Crippen molar-refractivity contribution in [2.45, 2.75) is 31.2 Å². The number of fused-ring (bicyclic) bond motifs is 1. The van der Waals surface area contributed by atoms with Crippen LogP contribution >= 0.6 is 0 Å². The number of rotatable bonds is 4. The van der Waals surface area contributed by atoms with Gasteiger partial charge >= 0.3 is 0 Å². The van der Waals surface area contributed by atoms with Crippen molar-refractivity contribution < 1.29 is 0 Å². The summed E-state index contributed by atoms with van der Waals surface area (Å²) in [7, 11) is 1.96. The van der Waals surface area contributed by atoms with Crippen LogP contribution in [0, 0.1) is 11.3 Å². The fraction of sp³-hybridized carbons (Fsp3) is 0.444. The van der Waals surface area contributed by atoms with Gasteiger partial charge in [0.05, 0.1) is 17.8 Å². The molecule has 5 rings (SSSR count). The molecule has 0 atom stereocenters. The van der Waals surface area contributed by atoms with Gasteiger partial charge in [0.1, 0.15) is 11.9 Å². The lowest BCUT2D eigenvalue weighted by Gasteiger charge is -2.44. The molecule has 27 heavy (non-hydrogen) atoms. The summed E-state index contributed by atoms with van der Waals surface area (Å²) >= 11 is 0. The Labute approximate surface area is 156 Å². The van der Waals surface area contributed by atoms with E-state index in [1.165, 1.54) is 19.3 Å². The largest absolute Gasteiger partial charge is 0.351 e. The lowest BCUT2D eigenvalue weighted by atomic mass is 9.85. The maximum atomic E-state index is 9.27. The SMILES string of the molecule is CN(c1nnccc1C#N)C1CN(c2ccc3nnc(C4CCC4)n3n2)C1. The number of anilines is 2. The third-order valence-corrected chi connectivity index (χ3v) is 5.63. The van der Waals surface area contributed by atoms with Crippen molar-refractivity contribution in [2.75, 3.05) is 29.9 Å². The second kappa shape index (κ2) is 6.16. The fourth-order valence-corrected chi connectivity index (χ4v) is 3.62. The van der Waals surface area contributed by atoms with Crippen LogP contribution in [0.15, 0.2) is 24.4 Å². The molecule has 0 radical (unpaired) electrons. The highest BCUT2D eigenvalue weighted by atomic mass is 15.4. The average Bonchev–Trinajstić information content (AvgIpc) is 3.02. The van der Waals surface area contributed by atoms with E-state index in [9.17, 15) is 5.26 Å². The highest BCUT2D eigenvalue weighted by molar-refractivity contribution is 5.55. The molecule has 3 aromatic rings. The van der Waals surface area contributed by atoms with Crippen LogP contribution in [0.4, 0.5) is 11.6 Å². The van der Waals surface area contributed by atoms with Crippen LogP contribution in [-0.2, 0) is 0 Å². The minimum Gasteiger partial charge on any atom is -0.351 e. The molecule has 1 aliphatic heterocycles. The molecule has 1 saturated carbocycles. The molecular weight excluding hydrogens is 342 g/mol. The van der Waals surface area contributed by atoms with Crippen molar-refractivity contribution in [1.29, 1.82) is 5.26 Å². The molecule has 2 fully saturated rings. The van der Waals surface area contributed by atoms with Gasteiger partial charge in [-0.25, -0.2) is 0 Å². The second-order valence-corrected chi connectivity index (χ2v) is 7.20. The number of hydrogen-bond acceptors (Lipinski definition) is 8. The number of aromatic nitrogens is 6. The molecule has 4 heterocycles. The maximum Gasteiger partial charge on any atom is 0.178 e. The second-order valence-electron chi connectivity index (χ2n) is 7.20. The normalized spacial score (nSPS) is 17.4. The molecule has 1 aliphatic carbocycles. The van der Waals surface area contributed by atoms with Crippen molar-refractivity contribution in [3.8, 4) is 6.07 Å². The zero-order valence-electron chi connectivity index (χ0n) is 15.0. The van der Waals surface area contributed by atoms with Crippen molar-refractivity contribution in [3.05, 3.63) is 35.8 Å². The number of nitrogens with zero attached hydrogens (tertiary/aromatic N) is 9. The maximum absolute atomic E-state index is 9.27. The van der Waals surface area contributed by atoms with Crippen molar-refractivity contribution in [3.63, 3.8) is 0 Å². The van der Waals surface area contributed by atoms with Crippen LogP contribution in [0.25, 0.3) is 5.65 Å². The van der Waals surface area contributed by atoms with Gasteiger partial charge in [0, 0.05) is 26.1 Å². The van der Waals surface area contributed by atoms with Crippen LogP contribution in [0.5, 0.6) is 0 Å². The highest BCUT2D eigenvalue weighted by Gasteiger charge is 2.33. The van der Waals surface area contributed by atoms with E-state index in [0.717, 1.165) is 30.4 Å². The summed E-state index contributed by atoms with van der Waals surface area (Å²) in [5, 5.41) is 30.7. The van der Waals surface area contributed by atoms with Crippen molar-refractivity contribution in [1.82, 2.24) is 30.0 Å². The summed E-state index contributed by atoms with van der Waals surface area (Å²) < 4.78 is 1.90. The Bertz CT molecular complexity index is 1030. The van der Waals surface area contributed by atoms with E-state index >= 15 is 0 Å². The van der Waals surface area contributed by atoms with Gasteiger partial charge in [0.2, 0.25) is 0 Å². The van der Waals surface area contributed by atoms with Crippen LogP contribution in [0.2, 0.25) is 0 Å². The molecule has 2 aliphatic rings. The molecule has 9 heteroatoms. The third-order valence-electron chi connectivity index (χ3n) is 5.63. The van der Waals surface area contributed by atoms with E-state index in [4.69, 9.17) is 5.10 Å².